The van der Waals surface area contributed by atoms with Crippen LogP contribution in [0.25, 0.3) is 11.1 Å². The third kappa shape index (κ3) is 4.57. The Morgan fingerprint density at radius 2 is 1.46 bits per heavy atom. The highest BCUT2D eigenvalue weighted by Gasteiger charge is 2.22. The van der Waals surface area contributed by atoms with E-state index in [1.807, 2.05) is 12.1 Å². The smallest absolute Gasteiger partial charge is 0.123 e. The molecule has 0 amide bonds. The second kappa shape index (κ2) is 8.62. The van der Waals surface area contributed by atoms with Crippen LogP contribution in [-0.2, 0) is 0 Å². The van der Waals surface area contributed by atoms with Gasteiger partial charge in [0.05, 0.1) is 0 Å². The molecule has 2 aromatic rings. The largest absolute Gasteiger partial charge is 0.207 e. The summed E-state index contributed by atoms with van der Waals surface area (Å²) >= 11 is 0. The van der Waals surface area contributed by atoms with Crippen LogP contribution < -0.4 is 0 Å². The van der Waals surface area contributed by atoms with Crippen LogP contribution in [0.3, 0.4) is 0 Å². The number of halogens is 1. The van der Waals surface area contributed by atoms with Crippen LogP contribution in [0.5, 0.6) is 0 Å². The van der Waals surface area contributed by atoms with Gasteiger partial charge in [-0.05, 0) is 47.6 Å². The molecule has 0 bridgehead atoms. The molecule has 1 heterocycles. The molecule has 1 aliphatic rings. The summed E-state index contributed by atoms with van der Waals surface area (Å²) in [7, 11) is -0.419. The van der Waals surface area contributed by atoms with Gasteiger partial charge in [0.1, 0.15) is 5.82 Å². The average Bonchev–Trinajstić information content (AvgIpc) is 2.63. The van der Waals surface area contributed by atoms with Crippen molar-refractivity contribution in [3.63, 3.8) is 0 Å². The van der Waals surface area contributed by atoms with Gasteiger partial charge >= 0.3 is 0 Å². The zero-order valence-electron chi connectivity index (χ0n) is 14.8. The summed E-state index contributed by atoms with van der Waals surface area (Å²) in [6, 6.07) is 20.4. The predicted octanol–water partition coefficient (Wildman–Crippen LogP) is 6.79. The Labute approximate surface area is 147 Å². The van der Waals surface area contributed by atoms with E-state index in [0.29, 0.717) is 0 Å². The normalized spacial score (nSPS) is 20.9. The molecule has 0 saturated carbocycles. The van der Waals surface area contributed by atoms with Crippen molar-refractivity contribution in [2.45, 2.75) is 63.1 Å². The van der Waals surface area contributed by atoms with Crippen LogP contribution in [0.4, 0.5) is 4.39 Å². The second-order valence-electron chi connectivity index (χ2n) is 7.34. The number of hydrogen-bond donors (Lipinski definition) is 0. The topological polar surface area (TPSA) is 0 Å². The van der Waals surface area contributed by atoms with Crippen LogP contribution in [0.15, 0.2) is 48.5 Å². The van der Waals surface area contributed by atoms with Gasteiger partial charge in [0.25, 0.3) is 0 Å². The van der Waals surface area contributed by atoms with E-state index in [1.54, 1.807) is 6.04 Å². The van der Waals surface area contributed by atoms with Crippen molar-refractivity contribution < 1.29 is 4.39 Å². The first-order chi connectivity index (χ1) is 11.8. The molecule has 0 spiro atoms. The summed E-state index contributed by atoms with van der Waals surface area (Å²) in [5.74, 6) is 0.595. The number of benzene rings is 2. The third-order valence-electron chi connectivity index (χ3n) is 5.62. The highest BCUT2D eigenvalue weighted by atomic mass is 28.3. The molecule has 0 atom stereocenters. The summed E-state index contributed by atoms with van der Waals surface area (Å²) in [6.07, 6.45) is 7.06. The van der Waals surface area contributed by atoms with E-state index < -0.39 is 8.80 Å². The third-order valence-corrected chi connectivity index (χ3v) is 9.15. The quantitative estimate of drug-likeness (QED) is 0.401. The van der Waals surface area contributed by atoms with Crippen molar-refractivity contribution in [1.29, 1.82) is 0 Å². The van der Waals surface area contributed by atoms with E-state index in [9.17, 15) is 4.39 Å². The summed E-state index contributed by atoms with van der Waals surface area (Å²) in [5, 5.41) is 0. The number of hydrogen-bond acceptors (Lipinski definition) is 0. The predicted molar refractivity (Wildman–Crippen MR) is 105 cm³/mol. The zero-order valence-corrected chi connectivity index (χ0v) is 16.0. The Balaban J connectivity index is 1.56. The molecular formula is C22H29FSi. The van der Waals surface area contributed by atoms with Gasteiger partial charge in [-0.1, -0.05) is 80.7 Å². The van der Waals surface area contributed by atoms with Crippen molar-refractivity contribution in [3.05, 3.63) is 59.9 Å². The fourth-order valence-corrected chi connectivity index (χ4v) is 7.54. The minimum atomic E-state index is -0.419. The molecule has 0 radical (unpaired) electrons. The lowest BCUT2D eigenvalue weighted by molar-refractivity contribution is 0.603. The maximum absolute atomic E-state index is 13.0. The van der Waals surface area contributed by atoms with E-state index >= 15 is 0 Å². The van der Waals surface area contributed by atoms with Crippen molar-refractivity contribution in [2.75, 3.05) is 0 Å². The van der Waals surface area contributed by atoms with Gasteiger partial charge in [-0.15, -0.1) is 0 Å². The van der Waals surface area contributed by atoms with Crippen molar-refractivity contribution in [2.24, 2.45) is 0 Å². The molecule has 0 unspecified atom stereocenters. The van der Waals surface area contributed by atoms with E-state index in [1.165, 1.54) is 67.5 Å². The SMILES string of the molecule is CCCCC[SiH]1CCC(c2ccc(-c3ccc(F)cc3)cc2)CC1. The molecule has 3 rings (SSSR count). The molecule has 0 aromatic heterocycles. The van der Waals surface area contributed by atoms with Gasteiger partial charge < -0.3 is 0 Å². The van der Waals surface area contributed by atoms with Gasteiger partial charge in [0.15, 0.2) is 0 Å². The average molecular weight is 341 g/mol. The lowest BCUT2D eigenvalue weighted by Crippen LogP contribution is -2.20. The van der Waals surface area contributed by atoms with Crippen LogP contribution >= 0.6 is 0 Å². The van der Waals surface area contributed by atoms with Crippen LogP contribution in [0.2, 0.25) is 18.1 Å². The van der Waals surface area contributed by atoms with E-state index in [2.05, 4.69) is 31.2 Å². The Bertz CT molecular complexity index is 609. The summed E-state index contributed by atoms with van der Waals surface area (Å²) in [4.78, 5) is 0. The molecule has 2 aromatic carbocycles. The fraction of sp³-hybridized carbons (Fsp3) is 0.455. The Hall–Kier alpha value is -1.41. The van der Waals surface area contributed by atoms with Crippen LogP contribution in [0, 0.1) is 5.82 Å². The Kier molecular flexibility index (Phi) is 6.25. The van der Waals surface area contributed by atoms with Crippen molar-refractivity contribution >= 4 is 8.80 Å². The van der Waals surface area contributed by atoms with Gasteiger partial charge in [-0.25, -0.2) is 4.39 Å². The minimum absolute atomic E-state index is 0.171. The highest BCUT2D eigenvalue weighted by molar-refractivity contribution is 6.59. The molecule has 1 fully saturated rings. The molecule has 0 nitrogen and oxygen atoms in total. The highest BCUT2D eigenvalue weighted by Crippen LogP contribution is 2.36. The lowest BCUT2D eigenvalue weighted by atomic mass is 9.92. The molecule has 2 heteroatoms. The Morgan fingerprint density at radius 1 is 0.875 bits per heavy atom. The van der Waals surface area contributed by atoms with Crippen molar-refractivity contribution in [3.8, 4) is 11.1 Å². The second-order valence-corrected chi connectivity index (χ2v) is 10.8. The molecule has 24 heavy (non-hydrogen) atoms. The molecule has 0 aliphatic carbocycles. The van der Waals surface area contributed by atoms with Crippen LogP contribution in [0.1, 0.15) is 50.5 Å². The Morgan fingerprint density at radius 3 is 2.04 bits per heavy atom. The number of unbranched alkanes of at least 4 members (excludes halogenated alkanes) is 2. The van der Waals surface area contributed by atoms with E-state index in [0.717, 1.165) is 11.5 Å². The summed E-state index contributed by atoms with van der Waals surface area (Å²) in [6.45, 7) is 2.30. The standard InChI is InChI=1S/C22H29FSi/c1-2-3-4-15-24-16-13-21(14-17-24)19-7-5-18(6-8-19)20-9-11-22(23)12-10-20/h5-12,21,24H,2-4,13-17H2,1H3. The van der Waals surface area contributed by atoms with Gasteiger partial charge in [0, 0.05) is 8.80 Å². The monoisotopic (exact) mass is 340 g/mol. The van der Waals surface area contributed by atoms with Crippen LogP contribution in [-0.4, -0.2) is 8.80 Å². The van der Waals surface area contributed by atoms with Gasteiger partial charge in [0.2, 0.25) is 0 Å². The first-order valence-electron chi connectivity index (χ1n) is 9.62. The van der Waals surface area contributed by atoms with E-state index in [-0.39, 0.29) is 5.82 Å². The minimum Gasteiger partial charge on any atom is -0.207 e. The molecule has 1 saturated heterocycles. The molecule has 128 valence electrons. The molecule has 0 N–H and O–H groups in total. The summed E-state index contributed by atoms with van der Waals surface area (Å²) < 4.78 is 13.0. The zero-order chi connectivity index (χ0) is 16.8. The van der Waals surface area contributed by atoms with Crippen molar-refractivity contribution in [1.82, 2.24) is 0 Å². The molecular weight excluding hydrogens is 311 g/mol. The lowest BCUT2D eigenvalue weighted by Gasteiger charge is -2.28. The van der Waals surface area contributed by atoms with Gasteiger partial charge in [-0.3, -0.25) is 0 Å². The maximum atomic E-state index is 13.0. The van der Waals surface area contributed by atoms with Gasteiger partial charge in [-0.2, -0.15) is 0 Å². The van der Waals surface area contributed by atoms with E-state index in [4.69, 9.17) is 0 Å². The summed E-state index contributed by atoms with van der Waals surface area (Å²) in [5.41, 5.74) is 3.78. The first-order valence-corrected chi connectivity index (χ1v) is 12.1. The molecule has 1 aliphatic heterocycles. The first kappa shape index (κ1) is 17.4. The number of rotatable bonds is 6. The fourth-order valence-electron chi connectivity index (χ4n) is 4.06. The maximum Gasteiger partial charge on any atom is 0.123 e.